The van der Waals surface area contributed by atoms with E-state index in [2.05, 4.69) is 0 Å². The third-order valence-electron chi connectivity index (χ3n) is 2.41. The molecular weight excluding hydrogens is 196 g/mol. The highest BCUT2D eigenvalue weighted by Gasteiger charge is 2.18. The second-order valence-electron chi connectivity index (χ2n) is 3.70. The molecular formula is C11H16O4. The van der Waals surface area contributed by atoms with Crippen LogP contribution >= 0.6 is 0 Å². The minimum atomic E-state index is -1.20. The predicted molar refractivity (Wildman–Crippen MR) is 55.6 cm³/mol. The largest absolute Gasteiger partial charge is 0.507 e. The van der Waals surface area contributed by atoms with E-state index in [1.54, 1.807) is 26.0 Å². The lowest BCUT2D eigenvalue weighted by molar-refractivity contribution is -0.0153. The van der Waals surface area contributed by atoms with Crippen LogP contribution in [0.1, 0.15) is 22.8 Å². The van der Waals surface area contributed by atoms with Crippen molar-refractivity contribution in [2.75, 3.05) is 6.61 Å². The maximum atomic E-state index is 9.64. The molecule has 1 aromatic rings. The molecule has 84 valence electrons. The second-order valence-corrected chi connectivity index (χ2v) is 3.70. The molecule has 0 aliphatic carbocycles. The molecule has 0 saturated carbocycles. The molecule has 0 aromatic heterocycles. The van der Waals surface area contributed by atoms with Gasteiger partial charge in [-0.05, 0) is 42.7 Å². The number of hydrogen-bond acceptors (Lipinski definition) is 4. The molecule has 0 amide bonds. The van der Waals surface area contributed by atoms with Gasteiger partial charge in [-0.3, -0.25) is 0 Å². The number of phenolic OH excluding ortho intramolecular Hbond substituents is 1. The first-order valence-electron chi connectivity index (χ1n) is 4.74. The molecule has 2 unspecified atom stereocenters. The van der Waals surface area contributed by atoms with E-state index in [0.29, 0.717) is 16.7 Å². The summed E-state index contributed by atoms with van der Waals surface area (Å²) in [6.07, 6.45) is -2.33. The highest BCUT2D eigenvalue weighted by molar-refractivity contribution is 5.42. The number of phenols is 1. The van der Waals surface area contributed by atoms with Gasteiger partial charge in [-0.1, -0.05) is 0 Å². The molecule has 0 aliphatic rings. The fraction of sp³-hybridized carbons (Fsp3) is 0.455. The third kappa shape index (κ3) is 2.47. The smallest absolute Gasteiger partial charge is 0.121 e. The molecule has 2 atom stereocenters. The van der Waals surface area contributed by atoms with Gasteiger partial charge >= 0.3 is 0 Å². The Balaban J connectivity index is 3.06. The Morgan fingerprint density at radius 1 is 1.13 bits per heavy atom. The Kier molecular flexibility index (Phi) is 3.68. The molecule has 0 aliphatic heterocycles. The second kappa shape index (κ2) is 4.61. The Hall–Kier alpha value is -1.10. The van der Waals surface area contributed by atoms with Gasteiger partial charge in [0.25, 0.3) is 0 Å². The van der Waals surface area contributed by atoms with E-state index in [0.717, 1.165) is 0 Å². The maximum Gasteiger partial charge on any atom is 0.121 e. The normalized spacial score (nSPS) is 15.0. The van der Waals surface area contributed by atoms with Crippen molar-refractivity contribution in [3.63, 3.8) is 0 Å². The number of hydrogen-bond donors (Lipinski definition) is 4. The number of aromatic hydroxyl groups is 1. The van der Waals surface area contributed by atoms with Gasteiger partial charge in [0.1, 0.15) is 18.0 Å². The van der Waals surface area contributed by atoms with Crippen molar-refractivity contribution < 1.29 is 20.4 Å². The summed E-state index contributed by atoms with van der Waals surface area (Å²) < 4.78 is 0. The first-order valence-corrected chi connectivity index (χ1v) is 4.74. The fourth-order valence-electron chi connectivity index (χ4n) is 1.48. The molecule has 0 bridgehead atoms. The van der Waals surface area contributed by atoms with Crippen LogP contribution in [0.25, 0.3) is 0 Å². The molecule has 0 radical (unpaired) electrons. The van der Waals surface area contributed by atoms with Crippen LogP contribution in [-0.4, -0.2) is 33.1 Å². The van der Waals surface area contributed by atoms with Crippen molar-refractivity contribution in [1.82, 2.24) is 0 Å². The minimum absolute atomic E-state index is 0.185. The number of rotatable bonds is 3. The first-order chi connectivity index (χ1) is 6.97. The van der Waals surface area contributed by atoms with Gasteiger partial charge in [-0.25, -0.2) is 0 Å². The van der Waals surface area contributed by atoms with E-state index in [-0.39, 0.29) is 5.75 Å². The number of aliphatic hydroxyl groups excluding tert-OH is 3. The molecule has 1 aromatic carbocycles. The third-order valence-corrected chi connectivity index (χ3v) is 2.41. The Bertz CT molecular complexity index is 325. The zero-order chi connectivity index (χ0) is 11.6. The summed E-state index contributed by atoms with van der Waals surface area (Å²) in [7, 11) is 0. The van der Waals surface area contributed by atoms with Crippen molar-refractivity contribution in [2.24, 2.45) is 0 Å². The van der Waals surface area contributed by atoms with E-state index < -0.39 is 18.8 Å². The van der Waals surface area contributed by atoms with Crippen LogP contribution in [0.5, 0.6) is 5.75 Å². The Morgan fingerprint density at radius 3 is 2.00 bits per heavy atom. The fourth-order valence-corrected chi connectivity index (χ4v) is 1.48. The zero-order valence-electron chi connectivity index (χ0n) is 8.81. The van der Waals surface area contributed by atoms with Crippen LogP contribution in [0.2, 0.25) is 0 Å². The summed E-state index contributed by atoms with van der Waals surface area (Å²) in [5.41, 5.74) is 1.76. The maximum absolute atomic E-state index is 9.64. The molecule has 4 nitrogen and oxygen atoms in total. The van der Waals surface area contributed by atoms with E-state index in [1.807, 2.05) is 0 Å². The van der Waals surface area contributed by atoms with Gasteiger partial charge in [0.15, 0.2) is 0 Å². The summed E-state index contributed by atoms with van der Waals surface area (Å²) in [5, 5.41) is 37.1. The standard InChI is InChI=1S/C11H16O4/c1-6-3-8(4-7(2)10(6)14)11(15)9(13)5-12/h3-4,9,11-15H,5H2,1-2H3. The first kappa shape index (κ1) is 12.0. The highest BCUT2D eigenvalue weighted by Crippen LogP contribution is 2.27. The lowest BCUT2D eigenvalue weighted by Crippen LogP contribution is -2.22. The minimum Gasteiger partial charge on any atom is -0.507 e. The molecule has 0 saturated heterocycles. The number of aliphatic hydroxyl groups is 3. The molecule has 4 heteroatoms. The molecule has 15 heavy (non-hydrogen) atoms. The zero-order valence-corrected chi connectivity index (χ0v) is 8.81. The summed E-state index contributed by atoms with van der Waals surface area (Å²) >= 11 is 0. The van der Waals surface area contributed by atoms with Crippen molar-refractivity contribution in [2.45, 2.75) is 26.1 Å². The van der Waals surface area contributed by atoms with Crippen LogP contribution in [0.3, 0.4) is 0 Å². The van der Waals surface area contributed by atoms with Crippen LogP contribution in [0.15, 0.2) is 12.1 Å². The van der Waals surface area contributed by atoms with Crippen molar-refractivity contribution >= 4 is 0 Å². The quantitative estimate of drug-likeness (QED) is 0.584. The molecule has 0 fully saturated rings. The Labute approximate surface area is 88.4 Å². The van der Waals surface area contributed by atoms with E-state index >= 15 is 0 Å². The average molecular weight is 212 g/mol. The van der Waals surface area contributed by atoms with Gasteiger partial charge in [-0.2, -0.15) is 0 Å². The molecule has 4 N–H and O–H groups in total. The van der Waals surface area contributed by atoms with E-state index in [1.165, 1.54) is 0 Å². The van der Waals surface area contributed by atoms with E-state index in [4.69, 9.17) is 5.11 Å². The summed E-state index contributed by atoms with van der Waals surface area (Å²) in [6, 6.07) is 3.18. The van der Waals surface area contributed by atoms with Gasteiger partial charge in [-0.15, -0.1) is 0 Å². The number of aryl methyl sites for hydroxylation is 2. The summed E-state index contributed by atoms with van der Waals surface area (Å²) in [4.78, 5) is 0. The molecule has 0 heterocycles. The van der Waals surface area contributed by atoms with Crippen LogP contribution in [0.4, 0.5) is 0 Å². The highest BCUT2D eigenvalue weighted by atomic mass is 16.4. The monoisotopic (exact) mass is 212 g/mol. The Morgan fingerprint density at radius 2 is 1.60 bits per heavy atom. The van der Waals surface area contributed by atoms with Crippen LogP contribution < -0.4 is 0 Å². The van der Waals surface area contributed by atoms with Crippen LogP contribution in [0, 0.1) is 13.8 Å². The van der Waals surface area contributed by atoms with E-state index in [9.17, 15) is 15.3 Å². The lowest BCUT2D eigenvalue weighted by Gasteiger charge is -2.17. The van der Waals surface area contributed by atoms with Gasteiger partial charge < -0.3 is 20.4 Å². The van der Waals surface area contributed by atoms with Crippen molar-refractivity contribution in [3.05, 3.63) is 28.8 Å². The van der Waals surface area contributed by atoms with Crippen molar-refractivity contribution in [3.8, 4) is 5.75 Å². The lowest BCUT2D eigenvalue weighted by atomic mass is 9.99. The van der Waals surface area contributed by atoms with Gasteiger partial charge in [0.05, 0.1) is 6.61 Å². The van der Waals surface area contributed by atoms with Gasteiger partial charge in [0.2, 0.25) is 0 Å². The number of benzene rings is 1. The summed E-state index contributed by atoms with van der Waals surface area (Å²) in [6.45, 7) is 2.92. The topological polar surface area (TPSA) is 80.9 Å². The van der Waals surface area contributed by atoms with Crippen molar-refractivity contribution in [1.29, 1.82) is 0 Å². The predicted octanol–water partition coefficient (Wildman–Crippen LogP) is 0.396. The SMILES string of the molecule is Cc1cc(C(O)C(O)CO)cc(C)c1O. The molecule has 1 rings (SSSR count). The molecule has 0 spiro atoms. The van der Waals surface area contributed by atoms with Crippen LogP contribution in [-0.2, 0) is 0 Å². The van der Waals surface area contributed by atoms with Gasteiger partial charge in [0, 0.05) is 0 Å². The summed E-state index contributed by atoms with van der Waals surface area (Å²) in [5.74, 6) is 0.185. The average Bonchev–Trinajstić information content (AvgIpc) is 2.23.